The molecule has 1 aliphatic heterocycles. The molecule has 1 saturated heterocycles. The van der Waals surface area contributed by atoms with Crippen LogP contribution >= 0.6 is 0 Å². The van der Waals surface area contributed by atoms with E-state index >= 15 is 0 Å². The first-order valence-electron chi connectivity index (χ1n) is 11.4. The highest BCUT2D eigenvalue weighted by Gasteiger charge is 2.21. The average Bonchev–Trinajstić information content (AvgIpc) is 2.88. The normalized spacial score (nSPS) is 15.6. The van der Waals surface area contributed by atoms with Gasteiger partial charge in [-0.15, -0.1) is 0 Å². The number of carbonyl (C=O) groups excluding carboxylic acids is 1. The van der Waals surface area contributed by atoms with Gasteiger partial charge in [0.05, 0.1) is 30.4 Å². The minimum absolute atomic E-state index is 0.167. The fourth-order valence-corrected chi connectivity index (χ4v) is 4.26. The van der Waals surface area contributed by atoms with Crippen LogP contribution < -0.4 is 10.1 Å². The number of piperazine rings is 1. The molecular weight excluding hydrogens is 430 g/mol. The Balaban J connectivity index is 1.25. The van der Waals surface area contributed by atoms with Gasteiger partial charge in [0.15, 0.2) is 0 Å². The Morgan fingerprint density at radius 2 is 1.97 bits per heavy atom. The number of amides is 1. The minimum atomic E-state index is -0.618. The van der Waals surface area contributed by atoms with Crippen LogP contribution in [0.25, 0.3) is 10.9 Å². The van der Waals surface area contributed by atoms with E-state index in [1.807, 2.05) is 24.3 Å². The highest BCUT2D eigenvalue weighted by Crippen LogP contribution is 2.27. The molecule has 2 heterocycles. The van der Waals surface area contributed by atoms with E-state index in [-0.39, 0.29) is 5.91 Å². The number of benzene rings is 2. The lowest BCUT2D eigenvalue weighted by molar-refractivity contribution is 0.0725. The molecular formula is C26H29N5O3. The van der Waals surface area contributed by atoms with Crippen molar-refractivity contribution < 1.29 is 14.6 Å². The molecule has 1 aromatic heterocycles. The van der Waals surface area contributed by atoms with Crippen molar-refractivity contribution in [2.45, 2.75) is 6.10 Å². The van der Waals surface area contributed by atoms with Crippen LogP contribution in [-0.2, 0) is 0 Å². The second-order valence-electron chi connectivity index (χ2n) is 8.39. The number of aliphatic hydroxyl groups is 1. The lowest BCUT2D eigenvalue weighted by atomic mass is 10.0. The van der Waals surface area contributed by atoms with E-state index in [2.05, 4.69) is 26.2 Å². The summed E-state index contributed by atoms with van der Waals surface area (Å²) in [5.41, 5.74) is 2.67. The van der Waals surface area contributed by atoms with Gasteiger partial charge in [-0.1, -0.05) is 6.07 Å². The van der Waals surface area contributed by atoms with E-state index in [9.17, 15) is 9.90 Å². The molecule has 1 atom stereocenters. The number of nitrogens with zero attached hydrogens (tertiary/aromatic N) is 4. The predicted octanol–water partition coefficient (Wildman–Crippen LogP) is 2.20. The highest BCUT2D eigenvalue weighted by molar-refractivity contribution is 5.94. The van der Waals surface area contributed by atoms with Gasteiger partial charge in [-0.05, 0) is 48.0 Å². The quantitative estimate of drug-likeness (QED) is 0.532. The van der Waals surface area contributed by atoms with Crippen LogP contribution in [0.2, 0.25) is 0 Å². The molecule has 0 radical (unpaired) electrons. The number of rotatable bonds is 8. The van der Waals surface area contributed by atoms with Crippen molar-refractivity contribution in [3.8, 4) is 11.8 Å². The number of hydrogen-bond acceptors (Lipinski definition) is 7. The zero-order valence-electron chi connectivity index (χ0n) is 19.3. The number of nitriles is 1. The average molecular weight is 460 g/mol. The zero-order chi connectivity index (χ0) is 23.9. The van der Waals surface area contributed by atoms with Crippen LogP contribution in [0, 0.1) is 11.3 Å². The third-order valence-corrected chi connectivity index (χ3v) is 6.20. The van der Waals surface area contributed by atoms with Crippen molar-refractivity contribution >= 4 is 16.8 Å². The summed E-state index contributed by atoms with van der Waals surface area (Å²) in [5, 5.41) is 23.8. The monoisotopic (exact) mass is 459 g/mol. The number of carbonyl (C=O) groups is 1. The van der Waals surface area contributed by atoms with Crippen molar-refractivity contribution in [1.82, 2.24) is 20.1 Å². The standard InChI is InChI=1S/C26H29N5O3/c1-34-21-5-6-24-23(16-21)22(7-8-28-24)25(32)18-31-13-11-30(12-14-31)10-9-29-26(33)20-4-2-3-19(15-20)17-27/h2-8,15-16,25,32H,9-14,18H2,1H3,(H,29,33)/t25-/m1/s1. The number of fused-ring (bicyclic) bond motifs is 1. The maximum Gasteiger partial charge on any atom is 0.251 e. The van der Waals surface area contributed by atoms with Crippen LogP contribution in [0.5, 0.6) is 5.75 Å². The number of aliphatic hydroxyl groups excluding tert-OH is 1. The van der Waals surface area contributed by atoms with Crippen LogP contribution in [0.15, 0.2) is 54.7 Å². The lowest BCUT2D eigenvalue weighted by Crippen LogP contribution is -2.49. The maximum absolute atomic E-state index is 12.3. The van der Waals surface area contributed by atoms with Gasteiger partial charge in [-0.25, -0.2) is 0 Å². The van der Waals surface area contributed by atoms with Crippen molar-refractivity contribution in [2.24, 2.45) is 0 Å². The molecule has 8 heteroatoms. The molecule has 2 aromatic carbocycles. The molecule has 3 aromatic rings. The fourth-order valence-electron chi connectivity index (χ4n) is 4.26. The van der Waals surface area contributed by atoms with Crippen LogP contribution in [0.3, 0.4) is 0 Å². The second-order valence-corrected chi connectivity index (χ2v) is 8.39. The van der Waals surface area contributed by atoms with Crippen LogP contribution in [-0.4, -0.2) is 78.7 Å². The zero-order valence-corrected chi connectivity index (χ0v) is 19.3. The van der Waals surface area contributed by atoms with E-state index in [0.717, 1.165) is 54.9 Å². The molecule has 0 unspecified atom stereocenters. The summed E-state index contributed by atoms with van der Waals surface area (Å²) in [6.07, 6.45) is 1.11. The Bertz CT molecular complexity index is 1180. The minimum Gasteiger partial charge on any atom is -0.497 e. The molecule has 0 saturated carbocycles. The number of hydrogen-bond donors (Lipinski definition) is 2. The molecule has 8 nitrogen and oxygen atoms in total. The number of aromatic nitrogens is 1. The van der Waals surface area contributed by atoms with E-state index in [0.29, 0.717) is 24.2 Å². The van der Waals surface area contributed by atoms with Gasteiger partial charge in [-0.2, -0.15) is 5.26 Å². The highest BCUT2D eigenvalue weighted by atomic mass is 16.5. The lowest BCUT2D eigenvalue weighted by Gasteiger charge is -2.35. The Hall–Kier alpha value is -3.51. The molecule has 4 rings (SSSR count). The molecule has 1 fully saturated rings. The first-order valence-corrected chi connectivity index (χ1v) is 11.4. The number of pyridine rings is 1. The molecule has 176 valence electrons. The maximum atomic E-state index is 12.3. The molecule has 1 amide bonds. The Morgan fingerprint density at radius 3 is 2.74 bits per heavy atom. The molecule has 34 heavy (non-hydrogen) atoms. The summed E-state index contributed by atoms with van der Waals surface area (Å²) in [6, 6.07) is 16.3. The van der Waals surface area contributed by atoms with Crippen LogP contribution in [0.1, 0.15) is 27.6 Å². The van der Waals surface area contributed by atoms with Gasteiger partial charge >= 0.3 is 0 Å². The first-order chi connectivity index (χ1) is 16.6. The fraction of sp³-hybridized carbons (Fsp3) is 0.346. The van der Waals surface area contributed by atoms with E-state index < -0.39 is 6.10 Å². The van der Waals surface area contributed by atoms with Gasteiger partial charge in [-0.3, -0.25) is 19.6 Å². The Kier molecular flexibility index (Phi) is 7.70. The Labute approximate surface area is 199 Å². The first kappa shape index (κ1) is 23.6. The van der Waals surface area contributed by atoms with Gasteiger partial charge in [0.1, 0.15) is 5.75 Å². The number of ether oxygens (including phenoxy) is 1. The topological polar surface area (TPSA) is 102 Å². The number of nitrogens with one attached hydrogen (secondary N) is 1. The van der Waals surface area contributed by atoms with Crippen molar-refractivity contribution in [3.05, 3.63) is 71.4 Å². The van der Waals surface area contributed by atoms with Crippen LogP contribution in [0.4, 0.5) is 0 Å². The molecule has 2 N–H and O–H groups in total. The summed E-state index contributed by atoms with van der Waals surface area (Å²) >= 11 is 0. The van der Waals surface area contributed by atoms with E-state index in [1.54, 1.807) is 37.6 Å². The van der Waals surface area contributed by atoms with Gasteiger partial charge < -0.3 is 15.2 Å². The predicted molar refractivity (Wildman–Crippen MR) is 130 cm³/mol. The summed E-state index contributed by atoms with van der Waals surface area (Å²) < 4.78 is 5.34. The van der Waals surface area contributed by atoms with Crippen molar-refractivity contribution in [1.29, 1.82) is 5.26 Å². The SMILES string of the molecule is COc1ccc2nccc([C@H](O)CN3CCN(CCNC(=O)c4cccc(C#N)c4)CC3)c2c1. The third-order valence-electron chi connectivity index (χ3n) is 6.20. The summed E-state index contributed by atoms with van der Waals surface area (Å²) in [7, 11) is 1.63. The number of β-amino-alcohol motifs (C(OH)–C–C–N with tert-alkyl or cyclic N) is 1. The third kappa shape index (κ3) is 5.69. The molecule has 0 bridgehead atoms. The number of methoxy groups -OCH3 is 1. The molecule has 0 spiro atoms. The van der Waals surface area contributed by atoms with Gasteiger partial charge in [0.25, 0.3) is 5.91 Å². The summed E-state index contributed by atoms with van der Waals surface area (Å²) in [6.45, 7) is 5.30. The Morgan fingerprint density at radius 1 is 1.18 bits per heavy atom. The van der Waals surface area contributed by atoms with Gasteiger partial charge in [0, 0.05) is 63.0 Å². The summed E-state index contributed by atoms with van der Waals surface area (Å²) in [4.78, 5) is 21.3. The largest absolute Gasteiger partial charge is 0.497 e. The van der Waals surface area contributed by atoms with Crippen molar-refractivity contribution in [2.75, 3.05) is 52.9 Å². The molecule has 1 aliphatic rings. The van der Waals surface area contributed by atoms with Crippen molar-refractivity contribution in [3.63, 3.8) is 0 Å². The smallest absolute Gasteiger partial charge is 0.251 e. The van der Waals surface area contributed by atoms with E-state index in [4.69, 9.17) is 10.00 Å². The molecule has 0 aliphatic carbocycles. The second kappa shape index (κ2) is 11.1. The van der Waals surface area contributed by atoms with Gasteiger partial charge in [0.2, 0.25) is 0 Å². The summed E-state index contributed by atoms with van der Waals surface area (Å²) in [5.74, 6) is 0.576. The van der Waals surface area contributed by atoms with E-state index in [1.165, 1.54) is 0 Å².